The maximum Gasteiger partial charge on any atom is 0.231 e. The lowest BCUT2D eigenvalue weighted by molar-refractivity contribution is -0.120. The summed E-state index contributed by atoms with van der Waals surface area (Å²) in [6.07, 6.45) is 4.52. The second-order valence-electron chi connectivity index (χ2n) is 5.65. The molecular weight excluding hydrogens is 386 g/mol. The molecule has 1 amide bonds. The van der Waals surface area contributed by atoms with Gasteiger partial charge in [0, 0.05) is 23.6 Å². The van der Waals surface area contributed by atoms with Gasteiger partial charge >= 0.3 is 0 Å². The van der Waals surface area contributed by atoms with E-state index in [0.717, 1.165) is 16.0 Å². The zero-order valence-electron chi connectivity index (χ0n) is 13.1. The lowest BCUT2D eigenvalue weighted by Gasteiger charge is -2.39. The molecule has 9 heteroatoms. The van der Waals surface area contributed by atoms with Gasteiger partial charge in [0.05, 0.1) is 11.6 Å². The molecule has 126 valence electrons. The highest BCUT2D eigenvalue weighted by Gasteiger charge is 2.34. The third kappa shape index (κ3) is 3.22. The Morgan fingerprint density at radius 1 is 1.16 bits per heavy atom. The number of halogens is 1. The van der Waals surface area contributed by atoms with Crippen LogP contribution in [0.3, 0.4) is 0 Å². The Kier molecular flexibility index (Phi) is 4.14. The first-order valence-electron chi connectivity index (χ1n) is 7.68. The number of aromatic nitrogens is 5. The molecule has 1 saturated heterocycles. The van der Waals surface area contributed by atoms with Crippen molar-refractivity contribution in [2.45, 2.75) is 0 Å². The van der Waals surface area contributed by atoms with Crippen LogP contribution in [0, 0.1) is 5.92 Å². The van der Waals surface area contributed by atoms with Crippen molar-refractivity contribution in [3.63, 3.8) is 0 Å². The van der Waals surface area contributed by atoms with E-state index < -0.39 is 0 Å². The Morgan fingerprint density at radius 3 is 2.72 bits per heavy atom. The van der Waals surface area contributed by atoms with Gasteiger partial charge in [-0.2, -0.15) is 5.10 Å². The molecule has 0 radical (unpaired) electrons. The molecule has 1 aliphatic rings. The Labute approximate surface area is 152 Å². The molecule has 1 fully saturated rings. The zero-order chi connectivity index (χ0) is 17.2. The third-order valence-electron chi connectivity index (χ3n) is 4.00. The smallest absolute Gasteiger partial charge is 0.231 e. The van der Waals surface area contributed by atoms with Gasteiger partial charge in [0.25, 0.3) is 0 Å². The second kappa shape index (κ2) is 6.60. The molecule has 0 atom stereocenters. The largest absolute Gasteiger partial charge is 0.355 e. The van der Waals surface area contributed by atoms with Crippen LogP contribution in [0.4, 0.5) is 11.5 Å². The predicted octanol–water partition coefficient (Wildman–Crippen LogP) is 1.89. The maximum atomic E-state index is 12.4. The summed E-state index contributed by atoms with van der Waals surface area (Å²) in [4.78, 5) is 26.8. The quantitative estimate of drug-likeness (QED) is 0.720. The number of hydrogen-bond acceptors (Lipinski definition) is 6. The normalized spacial score (nSPS) is 14.2. The molecule has 0 saturated carbocycles. The van der Waals surface area contributed by atoms with Crippen molar-refractivity contribution < 1.29 is 4.79 Å². The van der Waals surface area contributed by atoms with E-state index in [4.69, 9.17) is 0 Å². The van der Waals surface area contributed by atoms with Crippen LogP contribution in [-0.2, 0) is 4.79 Å². The SMILES string of the molecule is O=C(Nc1ccccc1Br)C1CN(c2cc(-n3cncn3)ncn2)C1. The number of hydrogen-bond donors (Lipinski definition) is 1. The van der Waals surface area contributed by atoms with Crippen molar-refractivity contribution in [1.29, 1.82) is 0 Å². The first kappa shape index (κ1) is 15.7. The average Bonchev–Trinajstić information content (AvgIpc) is 3.10. The molecular formula is C16H14BrN7O. The molecule has 25 heavy (non-hydrogen) atoms. The summed E-state index contributed by atoms with van der Waals surface area (Å²) in [6, 6.07) is 9.39. The number of anilines is 2. The summed E-state index contributed by atoms with van der Waals surface area (Å²) in [5.41, 5.74) is 0.779. The highest BCUT2D eigenvalue weighted by molar-refractivity contribution is 9.10. The van der Waals surface area contributed by atoms with Crippen molar-refractivity contribution >= 4 is 33.3 Å². The highest BCUT2D eigenvalue weighted by Crippen LogP contribution is 2.26. The fourth-order valence-corrected chi connectivity index (χ4v) is 2.97. The average molecular weight is 400 g/mol. The fraction of sp³-hybridized carbons (Fsp3) is 0.188. The van der Waals surface area contributed by atoms with Crippen molar-refractivity contribution in [2.24, 2.45) is 5.92 Å². The lowest BCUT2D eigenvalue weighted by Crippen LogP contribution is -2.52. The number of benzene rings is 1. The van der Waals surface area contributed by atoms with Gasteiger partial charge < -0.3 is 10.2 Å². The summed E-state index contributed by atoms with van der Waals surface area (Å²) in [6.45, 7) is 1.23. The Hall–Kier alpha value is -2.81. The van der Waals surface area contributed by atoms with E-state index in [1.54, 1.807) is 11.0 Å². The highest BCUT2D eigenvalue weighted by atomic mass is 79.9. The third-order valence-corrected chi connectivity index (χ3v) is 4.69. The van der Waals surface area contributed by atoms with Gasteiger partial charge in [-0.05, 0) is 28.1 Å². The van der Waals surface area contributed by atoms with Crippen LogP contribution >= 0.6 is 15.9 Å². The molecule has 1 aromatic carbocycles. The van der Waals surface area contributed by atoms with Gasteiger partial charge in [-0.3, -0.25) is 4.79 Å². The fourth-order valence-electron chi connectivity index (χ4n) is 2.59. The number of para-hydroxylation sites is 1. The van der Waals surface area contributed by atoms with Gasteiger partial charge in [0.1, 0.15) is 24.8 Å². The number of amides is 1. The summed E-state index contributed by atoms with van der Waals surface area (Å²) in [5.74, 6) is 1.35. The Bertz CT molecular complexity index is 893. The van der Waals surface area contributed by atoms with E-state index in [-0.39, 0.29) is 11.8 Å². The molecule has 0 spiro atoms. The van der Waals surface area contributed by atoms with E-state index in [1.165, 1.54) is 12.7 Å². The van der Waals surface area contributed by atoms with Gasteiger partial charge in [0.15, 0.2) is 5.82 Å². The van der Waals surface area contributed by atoms with Crippen molar-refractivity contribution in [3.8, 4) is 5.82 Å². The minimum absolute atomic E-state index is 0.00806. The molecule has 0 aliphatic carbocycles. The minimum Gasteiger partial charge on any atom is -0.355 e. The summed E-state index contributed by atoms with van der Waals surface area (Å²) in [7, 11) is 0. The van der Waals surface area contributed by atoms with Crippen molar-refractivity contribution in [2.75, 3.05) is 23.3 Å². The van der Waals surface area contributed by atoms with E-state index in [1.807, 2.05) is 35.2 Å². The van der Waals surface area contributed by atoms with Crippen LogP contribution < -0.4 is 10.2 Å². The monoisotopic (exact) mass is 399 g/mol. The lowest BCUT2D eigenvalue weighted by atomic mass is 9.99. The summed E-state index contributed by atoms with van der Waals surface area (Å²) >= 11 is 3.43. The molecule has 8 nitrogen and oxygen atoms in total. The minimum atomic E-state index is -0.0723. The number of nitrogens with one attached hydrogen (secondary N) is 1. The predicted molar refractivity (Wildman–Crippen MR) is 95.4 cm³/mol. The molecule has 1 aliphatic heterocycles. The van der Waals surface area contributed by atoms with Crippen LogP contribution in [0.2, 0.25) is 0 Å². The molecule has 0 bridgehead atoms. The molecule has 2 aromatic heterocycles. The van der Waals surface area contributed by atoms with Crippen LogP contribution in [0.25, 0.3) is 5.82 Å². The van der Waals surface area contributed by atoms with Crippen molar-refractivity contribution in [1.82, 2.24) is 24.7 Å². The van der Waals surface area contributed by atoms with Crippen LogP contribution in [0.1, 0.15) is 0 Å². The van der Waals surface area contributed by atoms with Gasteiger partial charge in [0.2, 0.25) is 5.91 Å². The zero-order valence-corrected chi connectivity index (χ0v) is 14.7. The van der Waals surface area contributed by atoms with Gasteiger partial charge in [-0.1, -0.05) is 12.1 Å². The van der Waals surface area contributed by atoms with E-state index in [9.17, 15) is 4.79 Å². The Balaban J connectivity index is 1.40. The first-order valence-corrected chi connectivity index (χ1v) is 8.47. The summed E-state index contributed by atoms with van der Waals surface area (Å²) in [5, 5.41) is 7.01. The van der Waals surface area contributed by atoms with E-state index >= 15 is 0 Å². The van der Waals surface area contributed by atoms with Crippen LogP contribution in [-0.4, -0.2) is 43.7 Å². The molecule has 1 N–H and O–H groups in total. The number of carbonyl (C=O) groups is 1. The number of nitrogens with zero attached hydrogens (tertiary/aromatic N) is 6. The number of rotatable bonds is 4. The molecule has 3 aromatic rings. The maximum absolute atomic E-state index is 12.4. The molecule has 0 unspecified atom stereocenters. The first-order chi connectivity index (χ1) is 12.2. The number of carbonyl (C=O) groups excluding carboxylic acids is 1. The Morgan fingerprint density at radius 2 is 1.96 bits per heavy atom. The second-order valence-corrected chi connectivity index (χ2v) is 6.50. The van der Waals surface area contributed by atoms with Crippen LogP contribution in [0.15, 0.2) is 53.8 Å². The van der Waals surface area contributed by atoms with Crippen molar-refractivity contribution in [3.05, 3.63) is 53.8 Å². The summed E-state index contributed by atoms with van der Waals surface area (Å²) < 4.78 is 2.44. The standard InChI is InChI=1S/C16H14BrN7O/c17-12-3-1-2-4-13(12)22-16(25)11-6-23(7-11)14-5-15(20-9-19-14)24-10-18-8-21-24/h1-5,8-11H,6-7H2,(H,22,25). The van der Waals surface area contributed by atoms with Gasteiger partial charge in [-0.25, -0.2) is 19.6 Å². The van der Waals surface area contributed by atoms with E-state index in [0.29, 0.717) is 18.9 Å². The topological polar surface area (TPSA) is 88.8 Å². The van der Waals surface area contributed by atoms with E-state index in [2.05, 4.69) is 41.3 Å². The van der Waals surface area contributed by atoms with Crippen LogP contribution in [0.5, 0.6) is 0 Å². The molecule has 3 heterocycles. The molecule has 4 rings (SSSR count). The van der Waals surface area contributed by atoms with Gasteiger partial charge in [-0.15, -0.1) is 0 Å².